The topological polar surface area (TPSA) is 43.8 Å². The van der Waals surface area contributed by atoms with Gasteiger partial charge in [0.1, 0.15) is 11.6 Å². The third-order valence-corrected chi connectivity index (χ3v) is 3.74. The van der Waals surface area contributed by atoms with E-state index in [-0.39, 0.29) is 5.82 Å². The molecule has 108 valence electrons. The van der Waals surface area contributed by atoms with Gasteiger partial charge in [0.15, 0.2) is 0 Å². The summed E-state index contributed by atoms with van der Waals surface area (Å²) in [6.07, 6.45) is 0.887. The molecule has 0 aliphatic heterocycles. The van der Waals surface area contributed by atoms with Gasteiger partial charge in [-0.3, -0.25) is 0 Å². The third kappa shape index (κ3) is 2.25. The van der Waals surface area contributed by atoms with E-state index in [9.17, 15) is 4.39 Å². The molecule has 21 heavy (non-hydrogen) atoms. The molecule has 0 bridgehead atoms. The van der Waals surface area contributed by atoms with Crippen LogP contribution in [0.3, 0.4) is 0 Å². The van der Waals surface area contributed by atoms with E-state index in [0.29, 0.717) is 28.6 Å². The highest BCUT2D eigenvalue weighted by molar-refractivity contribution is 6.35. The highest BCUT2D eigenvalue weighted by atomic mass is 35.5. The summed E-state index contributed by atoms with van der Waals surface area (Å²) in [5.74, 6) is 0.148. The molecule has 5 heteroatoms. The van der Waals surface area contributed by atoms with Crippen LogP contribution in [0.25, 0.3) is 22.4 Å². The van der Waals surface area contributed by atoms with Crippen LogP contribution in [0.1, 0.15) is 13.3 Å². The van der Waals surface area contributed by atoms with E-state index in [1.807, 2.05) is 22.8 Å². The van der Waals surface area contributed by atoms with E-state index in [1.165, 1.54) is 6.07 Å². The van der Waals surface area contributed by atoms with Crippen molar-refractivity contribution in [3.63, 3.8) is 0 Å². The van der Waals surface area contributed by atoms with Crippen molar-refractivity contribution >= 4 is 28.3 Å². The number of imidazole rings is 1. The Morgan fingerprint density at radius 2 is 2.00 bits per heavy atom. The van der Waals surface area contributed by atoms with Gasteiger partial charge >= 0.3 is 0 Å². The Hall–Kier alpha value is -2.07. The van der Waals surface area contributed by atoms with Gasteiger partial charge in [0, 0.05) is 12.2 Å². The van der Waals surface area contributed by atoms with Crippen molar-refractivity contribution in [3.05, 3.63) is 47.2 Å². The summed E-state index contributed by atoms with van der Waals surface area (Å²) >= 11 is 6.29. The highest BCUT2D eigenvalue weighted by Crippen LogP contribution is 2.33. The number of hydrogen-bond acceptors (Lipinski definition) is 2. The first-order chi connectivity index (χ1) is 10.1. The average Bonchev–Trinajstić information content (AvgIpc) is 2.79. The Labute approximate surface area is 127 Å². The van der Waals surface area contributed by atoms with Gasteiger partial charge in [0.25, 0.3) is 0 Å². The lowest BCUT2D eigenvalue weighted by molar-refractivity contribution is 0.626. The molecule has 0 aliphatic rings. The van der Waals surface area contributed by atoms with Gasteiger partial charge in [-0.15, -0.1) is 0 Å². The summed E-state index contributed by atoms with van der Waals surface area (Å²) in [4.78, 5) is 4.54. The molecule has 0 atom stereocenters. The van der Waals surface area contributed by atoms with Crippen LogP contribution in [0.15, 0.2) is 36.4 Å². The first-order valence-corrected chi connectivity index (χ1v) is 7.20. The zero-order valence-electron chi connectivity index (χ0n) is 11.6. The molecule has 0 spiro atoms. The van der Waals surface area contributed by atoms with Gasteiger partial charge in [0.2, 0.25) is 0 Å². The fourth-order valence-electron chi connectivity index (χ4n) is 2.55. The van der Waals surface area contributed by atoms with Gasteiger partial charge in [-0.2, -0.15) is 0 Å². The van der Waals surface area contributed by atoms with Crippen molar-refractivity contribution in [3.8, 4) is 11.4 Å². The van der Waals surface area contributed by atoms with Crippen LogP contribution in [0.5, 0.6) is 0 Å². The number of nitrogens with zero attached hydrogens (tertiary/aromatic N) is 2. The molecule has 3 rings (SSSR count). The number of para-hydroxylation sites is 1. The van der Waals surface area contributed by atoms with Gasteiger partial charge in [-0.05, 0) is 30.7 Å². The summed E-state index contributed by atoms with van der Waals surface area (Å²) < 4.78 is 16.2. The quantitative estimate of drug-likeness (QED) is 0.725. The van der Waals surface area contributed by atoms with Crippen molar-refractivity contribution in [2.24, 2.45) is 0 Å². The predicted octanol–water partition coefficient (Wildman–Crippen LogP) is 4.49. The summed E-state index contributed by atoms with van der Waals surface area (Å²) in [5.41, 5.74) is 8.22. The molecule has 1 aromatic heterocycles. The van der Waals surface area contributed by atoms with Crippen LogP contribution in [0.2, 0.25) is 5.02 Å². The van der Waals surface area contributed by atoms with Gasteiger partial charge in [0.05, 0.1) is 21.6 Å². The number of aryl methyl sites for hydroxylation is 1. The molecule has 0 fully saturated rings. The number of nitrogen functional groups attached to an aromatic ring is 1. The fourth-order valence-corrected chi connectivity index (χ4v) is 2.82. The Balaban J connectivity index is 2.37. The van der Waals surface area contributed by atoms with Crippen LogP contribution in [-0.4, -0.2) is 9.55 Å². The number of halogens is 2. The molecule has 1 heterocycles. The van der Waals surface area contributed by atoms with Crippen molar-refractivity contribution in [1.29, 1.82) is 0 Å². The molecule has 0 saturated carbocycles. The smallest absolute Gasteiger partial charge is 0.146 e. The molecule has 3 nitrogen and oxygen atoms in total. The van der Waals surface area contributed by atoms with Gasteiger partial charge < -0.3 is 10.3 Å². The summed E-state index contributed by atoms with van der Waals surface area (Å²) in [6, 6.07) is 10.2. The maximum Gasteiger partial charge on any atom is 0.146 e. The summed E-state index contributed by atoms with van der Waals surface area (Å²) in [5, 5.41) is 0.606. The van der Waals surface area contributed by atoms with Crippen LogP contribution in [0, 0.1) is 5.82 Å². The van der Waals surface area contributed by atoms with Crippen LogP contribution in [-0.2, 0) is 6.54 Å². The van der Waals surface area contributed by atoms with E-state index >= 15 is 0 Å². The van der Waals surface area contributed by atoms with E-state index in [2.05, 4.69) is 11.9 Å². The second-order valence-corrected chi connectivity index (χ2v) is 5.31. The largest absolute Gasteiger partial charge is 0.398 e. The van der Waals surface area contributed by atoms with Crippen molar-refractivity contribution in [1.82, 2.24) is 9.55 Å². The number of anilines is 1. The molecule has 0 unspecified atom stereocenters. The van der Waals surface area contributed by atoms with E-state index < -0.39 is 0 Å². The molecule has 2 N–H and O–H groups in total. The maximum absolute atomic E-state index is 14.2. The second kappa shape index (κ2) is 5.37. The number of nitrogens with two attached hydrogens (primary N) is 1. The fraction of sp³-hybridized carbons (Fsp3) is 0.188. The molecule has 0 radical (unpaired) electrons. The number of rotatable bonds is 3. The van der Waals surface area contributed by atoms with E-state index in [4.69, 9.17) is 17.3 Å². The monoisotopic (exact) mass is 303 g/mol. The lowest BCUT2D eigenvalue weighted by atomic mass is 10.1. The molecule has 3 aromatic rings. The van der Waals surface area contributed by atoms with E-state index in [0.717, 1.165) is 17.5 Å². The zero-order valence-corrected chi connectivity index (χ0v) is 12.4. The lowest BCUT2D eigenvalue weighted by Gasteiger charge is -2.11. The SMILES string of the molecule is CCCn1c(-c2c(N)cccc2F)nc2cccc(Cl)c21. The predicted molar refractivity (Wildman–Crippen MR) is 84.8 cm³/mol. The zero-order chi connectivity index (χ0) is 15.0. The molecule has 0 amide bonds. The van der Waals surface area contributed by atoms with E-state index in [1.54, 1.807) is 12.1 Å². The molecule has 0 saturated heterocycles. The number of benzene rings is 2. The first-order valence-electron chi connectivity index (χ1n) is 6.82. The minimum atomic E-state index is -0.376. The molecule has 0 aliphatic carbocycles. The van der Waals surface area contributed by atoms with Crippen molar-refractivity contribution in [2.45, 2.75) is 19.9 Å². The first kappa shape index (κ1) is 13.9. The average molecular weight is 304 g/mol. The maximum atomic E-state index is 14.2. The van der Waals surface area contributed by atoms with Crippen molar-refractivity contribution in [2.75, 3.05) is 5.73 Å². The minimum Gasteiger partial charge on any atom is -0.398 e. The third-order valence-electron chi connectivity index (χ3n) is 3.43. The number of aromatic nitrogens is 2. The van der Waals surface area contributed by atoms with Crippen molar-refractivity contribution < 1.29 is 4.39 Å². The van der Waals surface area contributed by atoms with Gasteiger partial charge in [-0.1, -0.05) is 30.7 Å². The number of fused-ring (bicyclic) bond motifs is 1. The second-order valence-electron chi connectivity index (χ2n) is 4.90. The lowest BCUT2D eigenvalue weighted by Crippen LogP contribution is -2.03. The Bertz CT molecular complexity index is 790. The summed E-state index contributed by atoms with van der Waals surface area (Å²) in [6.45, 7) is 2.75. The van der Waals surface area contributed by atoms with Crippen LogP contribution >= 0.6 is 11.6 Å². The van der Waals surface area contributed by atoms with Crippen LogP contribution in [0.4, 0.5) is 10.1 Å². The Kier molecular flexibility index (Phi) is 3.55. The Morgan fingerprint density at radius 1 is 1.24 bits per heavy atom. The molecular formula is C16H15ClFN3. The standard InChI is InChI=1S/C16H15ClFN3/c1-2-9-21-15-10(17)5-3-8-13(15)20-16(21)14-11(18)6-4-7-12(14)19/h3-8H,2,9,19H2,1H3. The number of hydrogen-bond donors (Lipinski definition) is 1. The minimum absolute atomic E-state index is 0.332. The highest BCUT2D eigenvalue weighted by Gasteiger charge is 2.19. The van der Waals surface area contributed by atoms with Gasteiger partial charge in [-0.25, -0.2) is 9.37 Å². The summed E-state index contributed by atoms with van der Waals surface area (Å²) in [7, 11) is 0. The normalized spacial score (nSPS) is 11.2. The molecular weight excluding hydrogens is 289 g/mol. The Morgan fingerprint density at radius 3 is 2.71 bits per heavy atom. The molecule has 2 aromatic carbocycles. The van der Waals surface area contributed by atoms with Crippen LogP contribution < -0.4 is 5.73 Å².